The Hall–Kier alpha value is -1.97. The van der Waals surface area contributed by atoms with Gasteiger partial charge < -0.3 is 14.4 Å². The van der Waals surface area contributed by atoms with Crippen molar-refractivity contribution in [2.75, 3.05) is 6.61 Å². The van der Waals surface area contributed by atoms with Crippen LogP contribution in [-0.4, -0.2) is 16.9 Å². The molecule has 92 valence electrons. The summed E-state index contributed by atoms with van der Waals surface area (Å²) in [4.78, 5) is 0. The number of fused-ring (bicyclic) bond motifs is 4. The molecule has 4 rings (SSSR count). The molecule has 2 unspecified atom stereocenters. The van der Waals surface area contributed by atoms with Gasteiger partial charge in [-0.2, -0.15) is 0 Å². The van der Waals surface area contributed by atoms with Gasteiger partial charge in [0, 0.05) is 29.4 Å². The van der Waals surface area contributed by atoms with Crippen molar-refractivity contribution in [3.8, 4) is 11.5 Å². The van der Waals surface area contributed by atoms with E-state index in [0.29, 0.717) is 18.3 Å². The molecule has 2 aliphatic rings. The van der Waals surface area contributed by atoms with Crippen molar-refractivity contribution in [1.82, 2.24) is 5.16 Å². The number of phenolic OH excluding ortho intramolecular Hbond substituents is 1. The van der Waals surface area contributed by atoms with E-state index in [1.54, 1.807) is 12.3 Å². The molecule has 18 heavy (non-hydrogen) atoms. The Morgan fingerprint density at radius 3 is 3.17 bits per heavy atom. The van der Waals surface area contributed by atoms with Gasteiger partial charge in [-0.3, -0.25) is 0 Å². The van der Waals surface area contributed by atoms with Crippen LogP contribution in [0.1, 0.15) is 22.8 Å². The molecule has 0 radical (unpaired) electrons. The Morgan fingerprint density at radius 1 is 1.28 bits per heavy atom. The van der Waals surface area contributed by atoms with Crippen LogP contribution < -0.4 is 4.74 Å². The predicted molar refractivity (Wildman–Crippen MR) is 63.7 cm³/mol. The van der Waals surface area contributed by atoms with Crippen LogP contribution in [0.15, 0.2) is 28.9 Å². The molecule has 4 heteroatoms. The molecule has 2 heterocycles. The van der Waals surface area contributed by atoms with Crippen LogP contribution in [-0.2, 0) is 12.8 Å². The first kappa shape index (κ1) is 10.00. The fraction of sp³-hybridized carbons (Fsp3) is 0.357. The van der Waals surface area contributed by atoms with Crippen LogP contribution in [0.25, 0.3) is 0 Å². The molecule has 0 fully saturated rings. The van der Waals surface area contributed by atoms with Gasteiger partial charge in [-0.15, -0.1) is 0 Å². The molecule has 0 saturated heterocycles. The van der Waals surface area contributed by atoms with Crippen molar-refractivity contribution in [3.05, 3.63) is 41.3 Å². The van der Waals surface area contributed by atoms with E-state index in [1.165, 1.54) is 5.56 Å². The fourth-order valence-electron chi connectivity index (χ4n) is 3.15. The SMILES string of the molecule is Oc1cccc2c1C1Cc3oncc3CC1CO2. The average Bonchev–Trinajstić information content (AvgIpc) is 2.83. The molecular formula is C14H13NO3. The molecule has 2 aromatic rings. The third-order valence-corrected chi connectivity index (χ3v) is 4.05. The van der Waals surface area contributed by atoms with Gasteiger partial charge in [0.25, 0.3) is 0 Å². The van der Waals surface area contributed by atoms with E-state index in [1.807, 2.05) is 12.1 Å². The first-order valence-corrected chi connectivity index (χ1v) is 6.20. The second kappa shape index (κ2) is 3.51. The van der Waals surface area contributed by atoms with E-state index >= 15 is 0 Å². The van der Waals surface area contributed by atoms with Crippen LogP contribution in [0.4, 0.5) is 0 Å². The van der Waals surface area contributed by atoms with Crippen LogP contribution in [0.2, 0.25) is 0 Å². The molecule has 1 aromatic heterocycles. The van der Waals surface area contributed by atoms with Gasteiger partial charge in [0.15, 0.2) is 0 Å². The summed E-state index contributed by atoms with van der Waals surface area (Å²) < 4.78 is 11.0. The highest BCUT2D eigenvalue weighted by Gasteiger charge is 2.38. The van der Waals surface area contributed by atoms with Crippen molar-refractivity contribution < 1.29 is 14.4 Å². The monoisotopic (exact) mass is 243 g/mol. The van der Waals surface area contributed by atoms with Gasteiger partial charge >= 0.3 is 0 Å². The number of hydrogen-bond donors (Lipinski definition) is 1. The molecule has 0 spiro atoms. The number of hydrogen-bond acceptors (Lipinski definition) is 4. The van der Waals surface area contributed by atoms with E-state index < -0.39 is 0 Å². The van der Waals surface area contributed by atoms with Crippen molar-refractivity contribution in [2.24, 2.45) is 5.92 Å². The molecule has 0 amide bonds. The Labute approximate surface area is 104 Å². The van der Waals surface area contributed by atoms with Gasteiger partial charge in [0.2, 0.25) is 0 Å². The highest BCUT2D eigenvalue weighted by molar-refractivity contribution is 5.49. The number of aromatic nitrogens is 1. The number of nitrogens with zero attached hydrogens (tertiary/aromatic N) is 1. The van der Waals surface area contributed by atoms with Crippen molar-refractivity contribution >= 4 is 0 Å². The second-order valence-electron chi connectivity index (χ2n) is 5.05. The van der Waals surface area contributed by atoms with E-state index in [4.69, 9.17) is 9.26 Å². The summed E-state index contributed by atoms with van der Waals surface area (Å²) in [6.45, 7) is 0.700. The Morgan fingerprint density at radius 2 is 2.22 bits per heavy atom. The highest BCUT2D eigenvalue weighted by atomic mass is 16.5. The standard InChI is InChI=1S/C14H13NO3/c16-11-2-1-3-12-14(11)10-5-13-8(6-15-18-13)4-9(10)7-17-12/h1-3,6,9-10,16H,4-5,7H2. The zero-order chi connectivity index (χ0) is 12.1. The third kappa shape index (κ3) is 1.29. The summed E-state index contributed by atoms with van der Waals surface area (Å²) in [5.74, 6) is 2.75. The lowest BCUT2D eigenvalue weighted by molar-refractivity contribution is 0.174. The van der Waals surface area contributed by atoms with Gasteiger partial charge in [-0.1, -0.05) is 11.2 Å². The Bertz CT molecular complexity index is 605. The Balaban J connectivity index is 1.83. The molecule has 1 aromatic carbocycles. The minimum Gasteiger partial charge on any atom is -0.508 e. The summed E-state index contributed by atoms with van der Waals surface area (Å²) in [6, 6.07) is 5.46. The zero-order valence-electron chi connectivity index (χ0n) is 9.80. The zero-order valence-corrected chi connectivity index (χ0v) is 9.80. The van der Waals surface area contributed by atoms with Gasteiger partial charge in [-0.25, -0.2) is 0 Å². The van der Waals surface area contributed by atoms with E-state index in [2.05, 4.69) is 5.16 Å². The summed E-state index contributed by atoms with van der Waals surface area (Å²) in [6.07, 6.45) is 3.51. The first-order chi connectivity index (χ1) is 8.83. The lowest BCUT2D eigenvalue weighted by atomic mass is 9.74. The van der Waals surface area contributed by atoms with Gasteiger partial charge in [0.1, 0.15) is 17.3 Å². The first-order valence-electron chi connectivity index (χ1n) is 6.20. The maximum absolute atomic E-state index is 10.1. The number of benzene rings is 1. The molecular weight excluding hydrogens is 230 g/mol. The van der Waals surface area contributed by atoms with Crippen molar-refractivity contribution in [3.63, 3.8) is 0 Å². The van der Waals surface area contributed by atoms with Gasteiger partial charge in [-0.05, 0) is 18.6 Å². The predicted octanol–water partition coefficient (Wildman–Crippen LogP) is 2.27. The van der Waals surface area contributed by atoms with Crippen molar-refractivity contribution in [2.45, 2.75) is 18.8 Å². The van der Waals surface area contributed by atoms with E-state index in [9.17, 15) is 5.11 Å². The summed E-state index contributed by atoms with van der Waals surface area (Å²) >= 11 is 0. The van der Waals surface area contributed by atoms with Crippen LogP contribution in [0, 0.1) is 5.92 Å². The third-order valence-electron chi connectivity index (χ3n) is 4.05. The largest absolute Gasteiger partial charge is 0.508 e. The van der Waals surface area contributed by atoms with Crippen LogP contribution in [0.5, 0.6) is 11.5 Å². The lowest BCUT2D eigenvalue weighted by Gasteiger charge is -2.36. The molecule has 0 bridgehead atoms. The quantitative estimate of drug-likeness (QED) is 0.771. The van der Waals surface area contributed by atoms with E-state index in [-0.39, 0.29) is 5.92 Å². The van der Waals surface area contributed by atoms with Gasteiger partial charge in [0.05, 0.1) is 12.8 Å². The molecule has 1 N–H and O–H groups in total. The molecule has 2 atom stereocenters. The van der Waals surface area contributed by atoms with Crippen LogP contribution >= 0.6 is 0 Å². The van der Waals surface area contributed by atoms with E-state index in [0.717, 1.165) is 29.9 Å². The summed E-state index contributed by atoms with van der Waals surface area (Å²) in [5, 5.41) is 13.9. The number of rotatable bonds is 0. The lowest BCUT2D eigenvalue weighted by Crippen LogP contribution is -2.32. The summed E-state index contributed by atoms with van der Waals surface area (Å²) in [7, 11) is 0. The summed E-state index contributed by atoms with van der Waals surface area (Å²) in [5.41, 5.74) is 2.11. The molecule has 1 aliphatic carbocycles. The fourth-order valence-corrected chi connectivity index (χ4v) is 3.15. The topological polar surface area (TPSA) is 55.5 Å². The molecule has 0 saturated carbocycles. The minimum absolute atomic E-state index is 0.274. The van der Waals surface area contributed by atoms with Crippen LogP contribution in [0.3, 0.4) is 0 Å². The maximum Gasteiger partial charge on any atom is 0.140 e. The normalized spacial score (nSPS) is 24.7. The molecule has 1 aliphatic heterocycles. The Kier molecular flexibility index (Phi) is 1.95. The second-order valence-corrected chi connectivity index (χ2v) is 5.05. The van der Waals surface area contributed by atoms with Crippen molar-refractivity contribution in [1.29, 1.82) is 0 Å². The number of phenols is 1. The minimum atomic E-state index is 0.274. The smallest absolute Gasteiger partial charge is 0.140 e. The highest BCUT2D eigenvalue weighted by Crippen LogP contribution is 2.47. The number of ether oxygens (including phenoxy) is 1. The average molecular weight is 243 g/mol. The maximum atomic E-state index is 10.1. The molecule has 4 nitrogen and oxygen atoms in total. The number of aromatic hydroxyl groups is 1.